The number of aliphatic hydroxyl groups is 1. The van der Waals surface area contributed by atoms with Crippen molar-refractivity contribution in [2.45, 2.75) is 70.9 Å². The molecule has 0 aromatic heterocycles. The van der Waals surface area contributed by atoms with Gasteiger partial charge in [-0.3, -0.25) is 4.90 Å². The minimum atomic E-state index is -0.469. The van der Waals surface area contributed by atoms with Crippen molar-refractivity contribution in [1.29, 1.82) is 0 Å². The Bertz CT molecular complexity index is 282. The van der Waals surface area contributed by atoms with Crippen LogP contribution in [0.1, 0.15) is 59.3 Å². The van der Waals surface area contributed by atoms with Crippen LogP contribution in [-0.4, -0.2) is 47.8 Å². The molecule has 0 bridgehead atoms. The number of likely N-dealkylation sites (tertiary alicyclic amines) is 1. The minimum Gasteiger partial charge on any atom is -0.389 e. The Hall–Kier alpha value is -0.120. The van der Waals surface area contributed by atoms with Gasteiger partial charge < -0.3 is 10.4 Å². The highest BCUT2D eigenvalue weighted by atomic mass is 16.3. The number of rotatable bonds is 5. The van der Waals surface area contributed by atoms with Crippen LogP contribution < -0.4 is 5.32 Å². The summed E-state index contributed by atoms with van der Waals surface area (Å²) in [5, 5.41) is 13.9. The number of piperidine rings is 1. The molecule has 1 saturated carbocycles. The molecule has 1 unspecified atom stereocenters. The fourth-order valence-corrected chi connectivity index (χ4v) is 3.87. The Kier molecular flexibility index (Phi) is 4.91. The monoisotopic (exact) mass is 268 g/mol. The van der Waals surface area contributed by atoms with Crippen LogP contribution in [0.15, 0.2) is 0 Å². The van der Waals surface area contributed by atoms with E-state index >= 15 is 0 Å². The van der Waals surface area contributed by atoms with E-state index in [0.29, 0.717) is 11.5 Å². The number of hydrogen-bond acceptors (Lipinski definition) is 3. The first-order valence-electron chi connectivity index (χ1n) is 8.09. The minimum absolute atomic E-state index is 0.456. The summed E-state index contributed by atoms with van der Waals surface area (Å²) in [6.45, 7) is 10.8. The Balaban J connectivity index is 1.92. The van der Waals surface area contributed by atoms with Gasteiger partial charge in [0.1, 0.15) is 0 Å². The highest BCUT2D eigenvalue weighted by Crippen LogP contribution is 2.39. The smallest absolute Gasteiger partial charge is 0.0746 e. The van der Waals surface area contributed by atoms with E-state index in [9.17, 15) is 5.11 Å². The molecule has 2 rings (SSSR count). The molecule has 0 spiro atoms. The average Bonchev–Trinajstić information content (AvgIpc) is 2.74. The maximum atomic E-state index is 10.3. The van der Waals surface area contributed by atoms with Gasteiger partial charge in [0.15, 0.2) is 0 Å². The Morgan fingerprint density at radius 2 is 1.84 bits per heavy atom. The SMILES string of the molecule is CC(C)NCC1(CN2CCCC(C)(O)C2)CCCC1. The Labute approximate surface area is 118 Å². The molecular weight excluding hydrogens is 236 g/mol. The topological polar surface area (TPSA) is 35.5 Å². The quantitative estimate of drug-likeness (QED) is 0.803. The van der Waals surface area contributed by atoms with Crippen molar-refractivity contribution in [1.82, 2.24) is 10.2 Å². The third-order valence-electron chi connectivity index (χ3n) is 4.86. The van der Waals surface area contributed by atoms with Crippen molar-refractivity contribution < 1.29 is 5.11 Å². The summed E-state index contributed by atoms with van der Waals surface area (Å²) in [4.78, 5) is 2.51. The molecule has 0 amide bonds. The van der Waals surface area contributed by atoms with E-state index < -0.39 is 5.60 Å². The zero-order valence-electron chi connectivity index (χ0n) is 13.0. The molecule has 3 heteroatoms. The first-order chi connectivity index (χ1) is 8.91. The van der Waals surface area contributed by atoms with E-state index in [1.165, 1.54) is 38.8 Å². The van der Waals surface area contributed by atoms with Crippen LogP contribution in [0.3, 0.4) is 0 Å². The van der Waals surface area contributed by atoms with Gasteiger partial charge in [0, 0.05) is 25.7 Å². The molecule has 2 fully saturated rings. The molecule has 1 heterocycles. The highest BCUT2D eigenvalue weighted by molar-refractivity contribution is 4.92. The zero-order chi connectivity index (χ0) is 13.9. The summed E-state index contributed by atoms with van der Waals surface area (Å²) in [7, 11) is 0. The summed E-state index contributed by atoms with van der Waals surface area (Å²) in [6.07, 6.45) is 7.56. The van der Waals surface area contributed by atoms with Gasteiger partial charge >= 0.3 is 0 Å². The number of nitrogens with zero attached hydrogens (tertiary/aromatic N) is 1. The van der Waals surface area contributed by atoms with Crippen LogP contribution in [0.2, 0.25) is 0 Å². The van der Waals surface area contributed by atoms with Gasteiger partial charge in [-0.1, -0.05) is 26.7 Å². The van der Waals surface area contributed by atoms with E-state index in [2.05, 4.69) is 24.1 Å². The fraction of sp³-hybridized carbons (Fsp3) is 1.00. The van der Waals surface area contributed by atoms with E-state index in [1.807, 2.05) is 6.92 Å². The largest absolute Gasteiger partial charge is 0.389 e. The number of β-amino-alcohol motifs (C(OH)–C–C–N with tert-alkyl or cyclic N) is 1. The molecule has 1 aliphatic heterocycles. The normalized spacial score (nSPS) is 32.1. The standard InChI is InChI=1S/C16H32N2O/c1-14(2)17-11-16(8-4-5-9-16)13-18-10-6-7-15(3,19)12-18/h14,17,19H,4-13H2,1-3H3. The second-order valence-corrected chi connectivity index (χ2v) is 7.55. The van der Waals surface area contributed by atoms with Crippen LogP contribution in [0.4, 0.5) is 0 Å². The lowest BCUT2D eigenvalue weighted by molar-refractivity contribution is -0.0282. The van der Waals surface area contributed by atoms with Crippen LogP contribution in [-0.2, 0) is 0 Å². The first kappa shape index (κ1) is 15.3. The van der Waals surface area contributed by atoms with Crippen LogP contribution in [0, 0.1) is 5.41 Å². The Morgan fingerprint density at radius 1 is 1.16 bits per heavy atom. The molecule has 0 radical (unpaired) electrons. The number of hydrogen-bond donors (Lipinski definition) is 2. The van der Waals surface area contributed by atoms with Crippen LogP contribution in [0.5, 0.6) is 0 Å². The van der Waals surface area contributed by atoms with Crippen molar-refractivity contribution in [2.24, 2.45) is 5.41 Å². The second-order valence-electron chi connectivity index (χ2n) is 7.55. The van der Waals surface area contributed by atoms with Crippen molar-refractivity contribution in [3.05, 3.63) is 0 Å². The van der Waals surface area contributed by atoms with Crippen molar-refractivity contribution in [2.75, 3.05) is 26.2 Å². The lowest BCUT2D eigenvalue weighted by Gasteiger charge is -2.42. The first-order valence-corrected chi connectivity index (χ1v) is 8.09. The van der Waals surface area contributed by atoms with Gasteiger partial charge in [0.25, 0.3) is 0 Å². The summed E-state index contributed by atoms with van der Waals surface area (Å²) < 4.78 is 0. The third kappa shape index (κ3) is 4.44. The molecule has 1 atom stereocenters. The Morgan fingerprint density at radius 3 is 2.42 bits per heavy atom. The highest BCUT2D eigenvalue weighted by Gasteiger charge is 2.38. The number of nitrogens with one attached hydrogen (secondary N) is 1. The van der Waals surface area contributed by atoms with Gasteiger partial charge in [-0.2, -0.15) is 0 Å². The van der Waals surface area contributed by atoms with Gasteiger partial charge in [-0.25, -0.2) is 0 Å². The van der Waals surface area contributed by atoms with Gasteiger partial charge in [0.2, 0.25) is 0 Å². The zero-order valence-corrected chi connectivity index (χ0v) is 13.0. The molecule has 2 N–H and O–H groups in total. The molecule has 1 aliphatic carbocycles. The molecule has 3 nitrogen and oxygen atoms in total. The molecular formula is C16H32N2O. The third-order valence-corrected chi connectivity index (χ3v) is 4.86. The van der Waals surface area contributed by atoms with Crippen LogP contribution in [0.25, 0.3) is 0 Å². The molecule has 0 aromatic carbocycles. The summed E-state index contributed by atoms with van der Waals surface area (Å²) in [5.74, 6) is 0. The molecule has 0 aromatic rings. The maximum Gasteiger partial charge on any atom is 0.0746 e. The van der Waals surface area contributed by atoms with Gasteiger partial charge in [-0.15, -0.1) is 0 Å². The molecule has 2 aliphatic rings. The average molecular weight is 268 g/mol. The second kappa shape index (κ2) is 6.11. The van der Waals surface area contributed by atoms with Crippen molar-refractivity contribution in [3.63, 3.8) is 0 Å². The lowest BCUT2D eigenvalue weighted by atomic mass is 9.83. The summed E-state index contributed by atoms with van der Waals surface area (Å²) in [6, 6.07) is 0.571. The van der Waals surface area contributed by atoms with E-state index in [4.69, 9.17) is 0 Å². The molecule has 19 heavy (non-hydrogen) atoms. The van der Waals surface area contributed by atoms with Crippen LogP contribution >= 0.6 is 0 Å². The van der Waals surface area contributed by atoms with Crippen molar-refractivity contribution >= 4 is 0 Å². The summed E-state index contributed by atoms with van der Waals surface area (Å²) >= 11 is 0. The fourth-order valence-electron chi connectivity index (χ4n) is 3.87. The van der Waals surface area contributed by atoms with Gasteiger partial charge in [0.05, 0.1) is 5.60 Å². The predicted molar refractivity (Wildman–Crippen MR) is 80.3 cm³/mol. The van der Waals surface area contributed by atoms with Crippen molar-refractivity contribution in [3.8, 4) is 0 Å². The predicted octanol–water partition coefficient (Wildman–Crippen LogP) is 2.39. The van der Waals surface area contributed by atoms with E-state index in [-0.39, 0.29) is 0 Å². The lowest BCUT2D eigenvalue weighted by Crippen LogP contribution is -2.51. The van der Waals surface area contributed by atoms with Gasteiger partial charge in [-0.05, 0) is 44.6 Å². The molecule has 1 saturated heterocycles. The molecule has 112 valence electrons. The van der Waals surface area contributed by atoms with E-state index in [1.54, 1.807) is 0 Å². The maximum absolute atomic E-state index is 10.3. The summed E-state index contributed by atoms with van der Waals surface area (Å²) in [5.41, 5.74) is -0.0127. The van der Waals surface area contributed by atoms with E-state index in [0.717, 1.165) is 25.9 Å².